The van der Waals surface area contributed by atoms with Gasteiger partial charge in [-0.05, 0) is 32.0 Å². The summed E-state index contributed by atoms with van der Waals surface area (Å²) in [5, 5.41) is 18.3. The standard InChI is InChI=1S/C29H29N7O2/c1-18-4-6-20(7-5-18)28(38)25-17-34(3)26-9-8-22(12-24(25)26)31-29-30-11-10-27(32-29)36-14-21(19(2)33-36)13-35-15-23(37)16-35/h4-12,14,17,23,37H,13,15-16H2,1-3H3,(H,30,31,32). The van der Waals surface area contributed by atoms with Gasteiger partial charge in [-0.2, -0.15) is 10.1 Å². The van der Waals surface area contributed by atoms with Gasteiger partial charge in [-0.25, -0.2) is 9.67 Å². The SMILES string of the molecule is Cc1ccc(C(=O)c2cn(C)c3ccc(Nc4nccc(-n5cc(CN6CC(O)C6)c(C)n5)n4)cc23)cc1. The van der Waals surface area contributed by atoms with Gasteiger partial charge in [-0.1, -0.05) is 29.8 Å². The number of carbonyl (C=O) groups is 1. The van der Waals surface area contributed by atoms with Crippen LogP contribution in [0.15, 0.2) is 67.1 Å². The molecule has 1 aliphatic rings. The number of ketones is 1. The van der Waals surface area contributed by atoms with Crippen molar-refractivity contribution < 1.29 is 9.90 Å². The molecule has 1 aliphatic heterocycles. The normalized spacial score (nSPS) is 14.1. The average Bonchev–Trinajstić information content (AvgIpc) is 3.42. The molecule has 4 heterocycles. The largest absolute Gasteiger partial charge is 0.390 e. The van der Waals surface area contributed by atoms with Crippen molar-refractivity contribution in [2.75, 3.05) is 18.4 Å². The molecule has 192 valence electrons. The van der Waals surface area contributed by atoms with E-state index >= 15 is 0 Å². The first-order chi connectivity index (χ1) is 18.3. The Morgan fingerprint density at radius 1 is 1.08 bits per heavy atom. The van der Waals surface area contributed by atoms with Crippen molar-refractivity contribution in [3.05, 3.63) is 95.1 Å². The van der Waals surface area contributed by atoms with Crippen molar-refractivity contribution in [1.29, 1.82) is 0 Å². The lowest BCUT2D eigenvalue weighted by Gasteiger charge is -2.35. The summed E-state index contributed by atoms with van der Waals surface area (Å²) in [7, 11) is 1.94. The van der Waals surface area contributed by atoms with E-state index in [1.165, 1.54) is 0 Å². The first kappa shape index (κ1) is 24.0. The summed E-state index contributed by atoms with van der Waals surface area (Å²) in [6.07, 6.45) is 5.32. The van der Waals surface area contributed by atoms with Crippen LogP contribution in [-0.2, 0) is 13.6 Å². The number of nitrogens with zero attached hydrogens (tertiary/aromatic N) is 6. The Morgan fingerprint density at radius 2 is 1.87 bits per heavy atom. The number of likely N-dealkylation sites (tertiary alicyclic amines) is 1. The van der Waals surface area contributed by atoms with Gasteiger partial charge in [0.05, 0.1) is 11.8 Å². The molecule has 9 heteroatoms. The number of benzene rings is 2. The predicted octanol–water partition coefficient (Wildman–Crippen LogP) is 3.92. The van der Waals surface area contributed by atoms with Crippen LogP contribution in [0.1, 0.15) is 32.7 Å². The van der Waals surface area contributed by atoms with Crippen molar-refractivity contribution in [3.63, 3.8) is 0 Å². The van der Waals surface area contributed by atoms with Gasteiger partial charge < -0.3 is 15.0 Å². The fraction of sp³-hybridized carbons (Fsp3) is 0.241. The first-order valence-corrected chi connectivity index (χ1v) is 12.6. The molecule has 6 rings (SSSR count). The summed E-state index contributed by atoms with van der Waals surface area (Å²) in [6, 6.07) is 15.4. The van der Waals surface area contributed by atoms with Crippen LogP contribution in [-0.4, -0.2) is 59.3 Å². The number of rotatable bonds is 7. The van der Waals surface area contributed by atoms with Crippen LogP contribution in [0.2, 0.25) is 0 Å². The van der Waals surface area contributed by atoms with Crippen LogP contribution >= 0.6 is 0 Å². The summed E-state index contributed by atoms with van der Waals surface area (Å²) >= 11 is 0. The number of carbonyl (C=O) groups excluding carboxylic acids is 1. The number of aliphatic hydroxyl groups excluding tert-OH is 1. The van der Waals surface area contributed by atoms with Crippen LogP contribution in [0.4, 0.5) is 11.6 Å². The highest BCUT2D eigenvalue weighted by molar-refractivity contribution is 6.16. The summed E-state index contributed by atoms with van der Waals surface area (Å²) < 4.78 is 3.72. The average molecular weight is 508 g/mol. The van der Waals surface area contributed by atoms with Crippen LogP contribution in [0.5, 0.6) is 0 Å². The van der Waals surface area contributed by atoms with Gasteiger partial charge >= 0.3 is 0 Å². The van der Waals surface area contributed by atoms with E-state index in [-0.39, 0.29) is 11.9 Å². The van der Waals surface area contributed by atoms with E-state index in [0.29, 0.717) is 36.0 Å². The quantitative estimate of drug-likeness (QED) is 0.322. The fourth-order valence-corrected chi connectivity index (χ4v) is 4.86. The summed E-state index contributed by atoms with van der Waals surface area (Å²) in [4.78, 5) is 24.6. The van der Waals surface area contributed by atoms with Crippen LogP contribution < -0.4 is 5.32 Å². The van der Waals surface area contributed by atoms with Gasteiger partial charge in [-0.15, -0.1) is 0 Å². The molecular weight excluding hydrogens is 478 g/mol. The number of hydrogen-bond acceptors (Lipinski definition) is 7. The fourth-order valence-electron chi connectivity index (χ4n) is 4.86. The van der Waals surface area contributed by atoms with Gasteiger partial charge in [0.2, 0.25) is 5.95 Å². The molecule has 5 aromatic rings. The molecule has 2 aromatic carbocycles. The first-order valence-electron chi connectivity index (χ1n) is 12.6. The highest BCUT2D eigenvalue weighted by Crippen LogP contribution is 2.28. The maximum absolute atomic E-state index is 13.3. The molecular formula is C29H29N7O2. The zero-order valence-corrected chi connectivity index (χ0v) is 21.6. The third-order valence-corrected chi connectivity index (χ3v) is 7.01. The summed E-state index contributed by atoms with van der Waals surface area (Å²) in [5.74, 6) is 1.07. The molecule has 38 heavy (non-hydrogen) atoms. The number of β-amino-alcohol motifs (C(OH)–C–C–N with tert-alkyl or cyclic N) is 1. The monoisotopic (exact) mass is 507 g/mol. The van der Waals surface area contributed by atoms with E-state index in [2.05, 4.69) is 25.3 Å². The second-order valence-corrected chi connectivity index (χ2v) is 9.98. The Morgan fingerprint density at radius 3 is 2.63 bits per heavy atom. The van der Waals surface area contributed by atoms with Crippen molar-refractivity contribution in [2.45, 2.75) is 26.5 Å². The van der Waals surface area contributed by atoms with E-state index in [0.717, 1.165) is 40.0 Å². The number of hydrogen-bond donors (Lipinski definition) is 2. The second-order valence-electron chi connectivity index (χ2n) is 9.98. The van der Waals surface area contributed by atoms with E-state index in [1.54, 1.807) is 10.9 Å². The van der Waals surface area contributed by atoms with Gasteiger partial charge in [0.1, 0.15) is 0 Å². The maximum atomic E-state index is 13.3. The lowest BCUT2D eigenvalue weighted by molar-refractivity contribution is -0.00297. The molecule has 0 aliphatic carbocycles. The lowest BCUT2D eigenvalue weighted by atomic mass is 10.0. The molecule has 0 atom stereocenters. The Bertz CT molecular complexity index is 1650. The van der Waals surface area contributed by atoms with Crippen molar-refractivity contribution >= 4 is 28.3 Å². The summed E-state index contributed by atoms with van der Waals surface area (Å²) in [6.45, 7) is 6.12. The van der Waals surface area contributed by atoms with Crippen molar-refractivity contribution in [2.24, 2.45) is 7.05 Å². The Hall–Kier alpha value is -4.34. The van der Waals surface area contributed by atoms with Crippen LogP contribution in [0, 0.1) is 13.8 Å². The van der Waals surface area contributed by atoms with Gasteiger partial charge in [-0.3, -0.25) is 9.69 Å². The molecule has 0 amide bonds. The highest BCUT2D eigenvalue weighted by Gasteiger charge is 2.25. The smallest absolute Gasteiger partial charge is 0.229 e. The van der Waals surface area contributed by atoms with E-state index in [1.807, 2.05) is 86.4 Å². The number of aromatic nitrogens is 5. The molecule has 2 N–H and O–H groups in total. The van der Waals surface area contributed by atoms with Gasteiger partial charge in [0.15, 0.2) is 11.6 Å². The van der Waals surface area contributed by atoms with E-state index < -0.39 is 0 Å². The lowest BCUT2D eigenvalue weighted by Crippen LogP contribution is -2.49. The number of aliphatic hydroxyl groups is 1. The van der Waals surface area contributed by atoms with Gasteiger partial charge in [0.25, 0.3) is 0 Å². The maximum Gasteiger partial charge on any atom is 0.229 e. The molecule has 3 aromatic heterocycles. The zero-order chi connectivity index (χ0) is 26.4. The zero-order valence-electron chi connectivity index (χ0n) is 21.6. The van der Waals surface area contributed by atoms with Crippen LogP contribution in [0.25, 0.3) is 16.7 Å². The third-order valence-electron chi connectivity index (χ3n) is 7.01. The predicted molar refractivity (Wildman–Crippen MR) is 146 cm³/mol. The molecule has 0 unspecified atom stereocenters. The number of nitrogens with one attached hydrogen (secondary N) is 1. The molecule has 1 saturated heterocycles. The molecule has 1 fully saturated rings. The van der Waals surface area contributed by atoms with Crippen molar-refractivity contribution in [3.8, 4) is 5.82 Å². The Labute approximate surface area is 220 Å². The minimum Gasteiger partial charge on any atom is -0.390 e. The number of anilines is 2. The Kier molecular flexibility index (Phi) is 6.01. The molecule has 0 radical (unpaired) electrons. The highest BCUT2D eigenvalue weighted by atomic mass is 16.3. The molecule has 9 nitrogen and oxygen atoms in total. The Balaban J connectivity index is 1.26. The van der Waals surface area contributed by atoms with E-state index in [4.69, 9.17) is 0 Å². The topological polar surface area (TPSA) is 101 Å². The van der Waals surface area contributed by atoms with E-state index in [9.17, 15) is 9.90 Å². The van der Waals surface area contributed by atoms with Crippen molar-refractivity contribution in [1.82, 2.24) is 29.2 Å². The molecule has 0 spiro atoms. The van der Waals surface area contributed by atoms with Crippen LogP contribution in [0.3, 0.4) is 0 Å². The minimum absolute atomic E-state index is 0.0106. The number of aryl methyl sites for hydroxylation is 3. The third kappa shape index (κ3) is 4.57. The minimum atomic E-state index is -0.229. The number of fused-ring (bicyclic) bond motifs is 1. The second kappa shape index (κ2) is 9.51. The molecule has 0 bridgehead atoms. The van der Waals surface area contributed by atoms with Gasteiger partial charge in [0, 0.05) is 84.6 Å². The molecule has 0 saturated carbocycles. The summed E-state index contributed by atoms with van der Waals surface area (Å²) in [5.41, 5.74) is 6.22.